The molecular weight excluding hydrogens is 276 g/mol. The van der Waals surface area contributed by atoms with Crippen LogP contribution in [-0.4, -0.2) is 20.7 Å². The third-order valence-corrected chi connectivity index (χ3v) is 4.33. The smallest absolute Gasteiger partial charge is 0.223 e. The lowest BCUT2D eigenvalue weighted by molar-refractivity contribution is -0.126. The van der Waals surface area contributed by atoms with Gasteiger partial charge in [-0.2, -0.15) is 5.10 Å². The van der Waals surface area contributed by atoms with Crippen molar-refractivity contribution in [1.29, 1.82) is 0 Å². The van der Waals surface area contributed by atoms with Crippen molar-refractivity contribution in [3.8, 4) is 11.3 Å². The normalized spacial score (nSPS) is 15.7. The Kier molecular flexibility index (Phi) is 4.51. The Morgan fingerprint density at radius 3 is 2.73 bits per heavy atom. The van der Waals surface area contributed by atoms with Crippen LogP contribution in [0.3, 0.4) is 0 Å². The molecule has 0 radical (unpaired) electrons. The Morgan fingerprint density at radius 1 is 1.27 bits per heavy atom. The third-order valence-electron chi connectivity index (χ3n) is 4.33. The maximum Gasteiger partial charge on any atom is 0.223 e. The van der Waals surface area contributed by atoms with Crippen molar-refractivity contribution < 1.29 is 4.79 Å². The highest BCUT2D eigenvalue weighted by atomic mass is 16.1. The number of carbonyl (C=O) groups is 1. The summed E-state index contributed by atoms with van der Waals surface area (Å²) in [7, 11) is 1.92. The van der Waals surface area contributed by atoms with Crippen molar-refractivity contribution in [3.63, 3.8) is 0 Å². The molecule has 1 saturated carbocycles. The Bertz CT molecular complexity index is 629. The zero-order valence-electron chi connectivity index (χ0n) is 13.0. The van der Waals surface area contributed by atoms with Gasteiger partial charge in [-0.1, -0.05) is 19.3 Å². The number of nitrogens with zero attached hydrogens (tertiary/aromatic N) is 3. The zero-order chi connectivity index (χ0) is 15.4. The number of carbonyl (C=O) groups excluding carboxylic acids is 1. The highest BCUT2D eigenvalue weighted by molar-refractivity contribution is 5.78. The fourth-order valence-electron chi connectivity index (χ4n) is 3.09. The molecule has 1 aliphatic carbocycles. The van der Waals surface area contributed by atoms with Gasteiger partial charge in [-0.25, -0.2) is 0 Å². The van der Waals surface area contributed by atoms with E-state index in [1.54, 1.807) is 12.4 Å². The van der Waals surface area contributed by atoms with E-state index >= 15 is 0 Å². The molecule has 0 bridgehead atoms. The van der Waals surface area contributed by atoms with E-state index in [1.165, 1.54) is 19.3 Å². The topological polar surface area (TPSA) is 59.8 Å². The summed E-state index contributed by atoms with van der Waals surface area (Å²) in [6.45, 7) is 0.494. The van der Waals surface area contributed by atoms with Gasteiger partial charge < -0.3 is 5.32 Å². The molecule has 2 heterocycles. The molecule has 2 aromatic rings. The van der Waals surface area contributed by atoms with Crippen molar-refractivity contribution in [2.45, 2.75) is 38.6 Å². The summed E-state index contributed by atoms with van der Waals surface area (Å²) in [5.74, 6) is 0.368. The molecule has 5 nitrogen and oxygen atoms in total. The second kappa shape index (κ2) is 6.73. The molecule has 22 heavy (non-hydrogen) atoms. The summed E-state index contributed by atoms with van der Waals surface area (Å²) in [4.78, 5) is 16.2. The molecule has 0 aromatic carbocycles. The summed E-state index contributed by atoms with van der Waals surface area (Å²) in [5, 5.41) is 7.52. The summed E-state index contributed by atoms with van der Waals surface area (Å²) >= 11 is 0. The molecule has 1 fully saturated rings. The zero-order valence-corrected chi connectivity index (χ0v) is 13.0. The van der Waals surface area contributed by atoms with E-state index in [1.807, 2.05) is 29.9 Å². The summed E-state index contributed by atoms with van der Waals surface area (Å²) in [6.07, 6.45) is 9.20. The first kappa shape index (κ1) is 14.8. The second-order valence-electron chi connectivity index (χ2n) is 5.93. The maximum atomic E-state index is 12.2. The Hall–Kier alpha value is -2.17. The fraction of sp³-hybridized carbons (Fsp3) is 0.471. The number of nitrogens with one attached hydrogen (secondary N) is 1. The van der Waals surface area contributed by atoms with Crippen LogP contribution in [0, 0.1) is 5.92 Å². The van der Waals surface area contributed by atoms with Gasteiger partial charge in [0.15, 0.2) is 0 Å². The molecule has 0 aliphatic heterocycles. The number of pyridine rings is 1. The van der Waals surface area contributed by atoms with Gasteiger partial charge in [0.05, 0.1) is 17.9 Å². The lowest BCUT2D eigenvalue weighted by atomic mass is 9.89. The maximum absolute atomic E-state index is 12.2. The van der Waals surface area contributed by atoms with Crippen LogP contribution in [0.25, 0.3) is 11.3 Å². The first-order valence-corrected chi connectivity index (χ1v) is 7.95. The van der Waals surface area contributed by atoms with Crippen molar-refractivity contribution in [1.82, 2.24) is 20.1 Å². The van der Waals surface area contributed by atoms with Crippen molar-refractivity contribution in [3.05, 3.63) is 36.3 Å². The Labute approximate surface area is 130 Å². The van der Waals surface area contributed by atoms with Crippen molar-refractivity contribution in [2.24, 2.45) is 13.0 Å². The lowest BCUT2D eigenvalue weighted by Crippen LogP contribution is -2.31. The Morgan fingerprint density at radius 2 is 2.00 bits per heavy atom. The monoisotopic (exact) mass is 298 g/mol. The van der Waals surface area contributed by atoms with Gasteiger partial charge in [0.1, 0.15) is 0 Å². The van der Waals surface area contributed by atoms with Gasteiger partial charge in [-0.15, -0.1) is 0 Å². The summed E-state index contributed by atoms with van der Waals surface area (Å²) < 4.78 is 1.84. The first-order valence-electron chi connectivity index (χ1n) is 7.95. The van der Waals surface area contributed by atoms with E-state index in [0.717, 1.165) is 29.8 Å². The van der Waals surface area contributed by atoms with Crippen LogP contribution in [0.4, 0.5) is 0 Å². The van der Waals surface area contributed by atoms with E-state index in [-0.39, 0.29) is 11.8 Å². The highest BCUT2D eigenvalue weighted by Crippen LogP contribution is 2.24. The van der Waals surface area contributed by atoms with Crippen molar-refractivity contribution in [2.75, 3.05) is 0 Å². The van der Waals surface area contributed by atoms with Crippen LogP contribution in [0.2, 0.25) is 0 Å². The molecular formula is C17H22N4O. The fourth-order valence-corrected chi connectivity index (χ4v) is 3.09. The van der Waals surface area contributed by atoms with Gasteiger partial charge in [0, 0.05) is 30.9 Å². The van der Waals surface area contributed by atoms with Gasteiger partial charge in [0.2, 0.25) is 5.91 Å². The number of amides is 1. The molecule has 116 valence electrons. The number of aromatic nitrogens is 3. The van der Waals surface area contributed by atoms with Gasteiger partial charge in [-0.05, 0) is 31.0 Å². The predicted octanol–water partition coefficient (Wildman–Crippen LogP) is 2.68. The molecule has 5 heteroatoms. The molecule has 1 aliphatic rings. The minimum atomic E-state index is 0.177. The minimum Gasteiger partial charge on any atom is -0.350 e. The van der Waals surface area contributed by atoms with Gasteiger partial charge in [0.25, 0.3) is 0 Å². The average molecular weight is 298 g/mol. The number of hydrogen-bond donors (Lipinski definition) is 1. The van der Waals surface area contributed by atoms with E-state index < -0.39 is 0 Å². The number of aryl methyl sites for hydroxylation is 1. The van der Waals surface area contributed by atoms with E-state index in [2.05, 4.69) is 15.4 Å². The SMILES string of the molecule is Cn1nc(CNC(=O)C2CCCCC2)cc1-c1ccncc1. The van der Waals surface area contributed by atoms with E-state index in [9.17, 15) is 4.79 Å². The second-order valence-corrected chi connectivity index (χ2v) is 5.93. The summed E-state index contributed by atoms with van der Waals surface area (Å²) in [6, 6.07) is 5.94. The third kappa shape index (κ3) is 3.35. The molecule has 2 aromatic heterocycles. The average Bonchev–Trinajstić information content (AvgIpc) is 2.95. The molecule has 1 N–H and O–H groups in total. The molecule has 0 saturated heterocycles. The van der Waals surface area contributed by atoms with Crippen molar-refractivity contribution >= 4 is 5.91 Å². The number of hydrogen-bond acceptors (Lipinski definition) is 3. The van der Waals surface area contributed by atoms with Crippen LogP contribution >= 0.6 is 0 Å². The Balaban J connectivity index is 1.63. The lowest BCUT2D eigenvalue weighted by Gasteiger charge is -2.20. The van der Waals surface area contributed by atoms with Gasteiger partial charge >= 0.3 is 0 Å². The summed E-state index contributed by atoms with van der Waals surface area (Å²) in [5.41, 5.74) is 3.00. The van der Waals surface area contributed by atoms with Crippen LogP contribution in [0.5, 0.6) is 0 Å². The highest BCUT2D eigenvalue weighted by Gasteiger charge is 2.21. The van der Waals surface area contributed by atoms with Crippen LogP contribution in [-0.2, 0) is 18.4 Å². The predicted molar refractivity (Wildman–Crippen MR) is 84.9 cm³/mol. The first-order chi connectivity index (χ1) is 10.7. The molecule has 0 unspecified atom stereocenters. The van der Waals surface area contributed by atoms with Crippen LogP contribution in [0.1, 0.15) is 37.8 Å². The molecule has 0 atom stereocenters. The van der Waals surface area contributed by atoms with Crippen LogP contribution < -0.4 is 5.32 Å². The molecule has 3 rings (SSSR count). The standard InChI is InChI=1S/C17H22N4O/c1-21-16(13-7-9-18-10-8-13)11-15(20-21)12-19-17(22)14-5-3-2-4-6-14/h7-11,14H,2-6,12H2,1H3,(H,19,22). The minimum absolute atomic E-state index is 0.177. The quantitative estimate of drug-likeness (QED) is 0.944. The van der Waals surface area contributed by atoms with Gasteiger partial charge in [-0.3, -0.25) is 14.5 Å². The largest absolute Gasteiger partial charge is 0.350 e. The number of rotatable bonds is 4. The van der Waals surface area contributed by atoms with E-state index in [4.69, 9.17) is 0 Å². The molecule has 1 amide bonds. The molecule has 0 spiro atoms. The van der Waals surface area contributed by atoms with E-state index in [0.29, 0.717) is 6.54 Å². The van der Waals surface area contributed by atoms with Crippen LogP contribution in [0.15, 0.2) is 30.6 Å².